The van der Waals surface area contributed by atoms with Crippen LogP contribution in [0.25, 0.3) is 16.9 Å². The van der Waals surface area contributed by atoms with Crippen LogP contribution in [0.15, 0.2) is 49.3 Å². The van der Waals surface area contributed by atoms with Crippen LogP contribution in [0.2, 0.25) is 0 Å². The number of hydrogen-bond donors (Lipinski definition) is 3. The summed E-state index contributed by atoms with van der Waals surface area (Å²) in [7, 11) is 0. The van der Waals surface area contributed by atoms with Gasteiger partial charge in [-0.15, -0.1) is 0 Å². The summed E-state index contributed by atoms with van der Waals surface area (Å²) in [6, 6.07) is 3.52. The Kier molecular flexibility index (Phi) is 7.85. The number of piperidine rings is 1. The third-order valence-electron chi connectivity index (χ3n) is 6.72. The lowest BCUT2D eigenvalue weighted by Gasteiger charge is -2.25. The minimum Gasteiger partial charge on any atom is -0.328 e. The molecule has 1 saturated heterocycles. The minimum atomic E-state index is -0.585. The summed E-state index contributed by atoms with van der Waals surface area (Å²) in [5.41, 5.74) is 4.34. The first-order valence-electron chi connectivity index (χ1n) is 13.2. The van der Waals surface area contributed by atoms with Gasteiger partial charge in [-0.1, -0.05) is 18.2 Å². The molecule has 0 saturated carbocycles. The Hall–Kier alpha value is -4.01. The third kappa shape index (κ3) is 6.19. The van der Waals surface area contributed by atoms with Crippen molar-refractivity contribution in [3.05, 3.63) is 72.1 Å². The first kappa shape index (κ1) is 27.2. The number of rotatable bonds is 8. The molecule has 1 fully saturated rings. The van der Waals surface area contributed by atoms with E-state index >= 15 is 0 Å². The molecule has 6 rings (SSSR count). The molecule has 0 bridgehead atoms. The quantitative estimate of drug-likeness (QED) is 0.163. The fourth-order valence-electron chi connectivity index (χ4n) is 4.81. The zero-order chi connectivity index (χ0) is 28.3. The summed E-state index contributed by atoms with van der Waals surface area (Å²) in [4.78, 5) is 15.5. The number of thioether (sulfide) groups is 1. The van der Waals surface area contributed by atoms with Gasteiger partial charge in [0.15, 0.2) is 17.3 Å². The van der Waals surface area contributed by atoms with Crippen LogP contribution >= 0.6 is 23.3 Å². The van der Waals surface area contributed by atoms with Gasteiger partial charge in [-0.25, -0.2) is 14.4 Å². The molecular weight excluding hydrogens is 562 g/mol. The van der Waals surface area contributed by atoms with E-state index in [2.05, 4.69) is 35.7 Å². The second-order valence-electron chi connectivity index (χ2n) is 9.85. The third-order valence-corrected chi connectivity index (χ3v) is 8.27. The number of imidazole rings is 1. The highest BCUT2D eigenvalue weighted by molar-refractivity contribution is 8.26. The first-order chi connectivity index (χ1) is 19.9. The second-order valence-corrected chi connectivity index (χ2v) is 11.8. The largest absolute Gasteiger partial charge is 0.328 e. The maximum Gasteiger partial charge on any atom is 0.180 e. The van der Waals surface area contributed by atoms with E-state index in [1.807, 2.05) is 23.7 Å². The molecule has 6 heterocycles. The number of fused-ring (bicyclic) bond motifs is 1. The van der Waals surface area contributed by atoms with Crippen molar-refractivity contribution in [1.82, 2.24) is 38.4 Å². The van der Waals surface area contributed by atoms with Crippen LogP contribution in [-0.4, -0.2) is 61.6 Å². The molecule has 0 atom stereocenters. The van der Waals surface area contributed by atoms with E-state index in [0.29, 0.717) is 11.5 Å². The lowest BCUT2D eigenvalue weighted by atomic mass is 10.1. The fraction of sp³-hybridized carbons (Fsp3) is 0.296. The molecule has 3 N–H and O–H groups in total. The van der Waals surface area contributed by atoms with E-state index in [1.54, 1.807) is 17.1 Å². The molecule has 0 unspecified atom stereocenters. The number of hydrogen-bond acceptors (Lipinski definition) is 11. The van der Waals surface area contributed by atoms with Crippen LogP contribution in [0, 0.1) is 23.6 Å². The van der Waals surface area contributed by atoms with Crippen molar-refractivity contribution < 1.29 is 4.39 Å². The van der Waals surface area contributed by atoms with Gasteiger partial charge in [-0.2, -0.15) is 9.47 Å². The Balaban J connectivity index is 1.16. The highest BCUT2D eigenvalue weighted by Gasteiger charge is 2.17. The lowest BCUT2D eigenvalue weighted by Crippen LogP contribution is -2.29. The summed E-state index contributed by atoms with van der Waals surface area (Å²) >= 11 is 2.31. The summed E-state index contributed by atoms with van der Waals surface area (Å²) in [5.74, 6) is 0.0653. The van der Waals surface area contributed by atoms with Crippen LogP contribution in [0.5, 0.6) is 0 Å². The Morgan fingerprint density at radius 3 is 2.83 bits per heavy atom. The molecular formula is C27H28FN11S2. The molecule has 5 aromatic heterocycles. The fourth-order valence-corrected chi connectivity index (χ4v) is 6.19. The molecule has 14 heteroatoms. The van der Waals surface area contributed by atoms with Crippen LogP contribution in [-0.2, 0) is 13.1 Å². The second kappa shape index (κ2) is 11.8. The van der Waals surface area contributed by atoms with Crippen molar-refractivity contribution in [3.8, 4) is 11.3 Å². The van der Waals surface area contributed by atoms with Gasteiger partial charge in [0.1, 0.15) is 10.0 Å². The van der Waals surface area contributed by atoms with Crippen LogP contribution in [0.1, 0.15) is 36.2 Å². The van der Waals surface area contributed by atoms with Gasteiger partial charge in [0.25, 0.3) is 0 Å². The molecule has 0 amide bonds. The van der Waals surface area contributed by atoms with E-state index in [-0.39, 0.29) is 22.2 Å². The van der Waals surface area contributed by atoms with Gasteiger partial charge in [-0.3, -0.25) is 29.8 Å². The van der Waals surface area contributed by atoms with Crippen LogP contribution < -0.4 is 5.32 Å². The van der Waals surface area contributed by atoms with Gasteiger partial charge in [0, 0.05) is 36.3 Å². The number of likely N-dealkylation sites (tertiary alicyclic amines) is 1. The van der Waals surface area contributed by atoms with E-state index < -0.39 is 5.82 Å². The number of pyridine rings is 1. The predicted molar refractivity (Wildman–Crippen MR) is 160 cm³/mol. The summed E-state index contributed by atoms with van der Waals surface area (Å²) in [6.45, 7) is 5.20. The molecule has 0 aromatic carbocycles. The Morgan fingerprint density at radius 1 is 1.15 bits per heavy atom. The van der Waals surface area contributed by atoms with Crippen LogP contribution in [0.4, 0.5) is 15.2 Å². The molecule has 41 heavy (non-hydrogen) atoms. The Labute approximate surface area is 244 Å². The number of nitrogens with one attached hydrogen (secondary N) is 3. The van der Waals surface area contributed by atoms with Gasteiger partial charge >= 0.3 is 0 Å². The normalized spacial score (nSPS) is 14.0. The topological polar surface area (TPSA) is 137 Å². The number of anilines is 2. The molecule has 0 aliphatic carbocycles. The smallest absolute Gasteiger partial charge is 0.180 e. The molecule has 0 radical (unpaired) electrons. The van der Waals surface area contributed by atoms with Crippen molar-refractivity contribution in [2.24, 2.45) is 0 Å². The van der Waals surface area contributed by atoms with Crippen molar-refractivity contribution in [3.63, 3.8) is 0 Å². The van der Waals surface area contributed by atoms with E-state index in [4.69, 9.17) is 15.8 Å². The molecule has 5 aromatic rings. The Morgan fingerprint density at radius 2 is 2.00 bits per heavy atom. The van der Waals surface area contributed by atoms with Gasteiger partial charge in [-0.05, 0) is 56.5 Å². The van der Waals surface area contributed by atoms with E-state index in [0.717, 1.165) is 65.2 Å². The molecule has 210 valence electrons. The monoisotopic (exact) mass is 589 g/mol. The average molecular weight is 590 g/mol. The lowest BCUT2D eigenvalue weighted by molar-refractivity contribution is 0.219. The summed E-state index contributed by atoms with van der Waals surface area (Å²) in [5, 5.41) is 25.3. The summed E-state index contributed by atoms with van der Waals surface area (Å²) < 4.78 is 22.2. The van der Waals surface area contributed by atoms with Crippen molar-refractivity contribution in [1.29, 1.82) is 10.8 Å². The maximum absolute atomic E-state index is 13.9. The molecule has 1 aliphatic rings. The van der Waals surface area contributed by atoms with Gasteiger partial charge in [0.2, 0.25) is 0 Å². The van der Waals surface area contributed by atoms with Crippen LogP contribution in [0.3, 0.4) is 0 Å². The van der Waals surface area contributed by atoms with E-state index in [1.165, 1.54) is 43.1 Å². The average Bonchev–Trinajstić information content (AvgIpc) is 3.70. The summed E-state index contributed by atoms with van der Waals surface area (Å²) in [6.07, 6.45) is 13.6. The maximum atomic E-state index is 13.9. The molecule has 11 nitrogen and oxygen atoms in total. The zero-order valence-electron chi connectivity index (χ0n) is 22.3. The number of halogens is 1. The SMILES string of the molecule is Cc1cn2c(-c3cnn(CC(=N)SC(=N)c4ccncc4F)c3)cnc2c(Nc2cc(CN3CCCCC3)ns2)n1. The number of nitrogens with zero attached hydrogens (tertiary/aromatic N) is 8. The van der Waals surface area contributed by atoms with Gasteiger partial charge in [0.05, 0.1) is 47.3 Å². The van der Waals surface area contributed by atoms with Gasteiger partial charge < -0.3 is 5.32 Å². The zero-order valence-corrected chi connectivity index (χ0v) is 24.0. The van der Waals surface area contributed by atoms with Crippen molar-refractivity contribution >= 4 is 49.8 Å². The van der Waals surface area contributed by atoms with Crippen molar-refractivity contribution in [2.75, 3.05) is 18.4 Å². The number of aromatic nitrogens is 7. The minimum absolute atomic E-state index is 0.0494. The number of aryl methyl sites for hydroxylation is 1. The standard InChI is InChI=1S/C27H28FN11S2/c1-17-13-39-22(18-10-33-38(14-18)16-23(29)40-25(30)20-5-6-31-11-21(20)28)12-32-27(39)26(34-17)35-24-9-19(36-41-24)15-37-7-3-2-4-8-37/h5-6,9-14,29-30H,2-4,7-8,15-16H2,1H3,(H,34,35). The molecule has 1 aliphatic heterocycles. The highest BCUT2D eigenvalue weighted by atomic mass is 32.2. The van der Waals surface area contributed by atoms with E-state index in [9.17, 15) is 4.39 Å². The Bertz CT molecular complexity index is 1720. The molecule has 0 spiro atoms. The first-order valence-corrected chi connectivity index (χ1v) is 14.8. The predicted octanol–water partition coefficient (Wildman–Crippen LogP) is 5.36. The highest BCUT2D eigenvalue weighted by Crippen LogP contribution is 2.28. The van der Waals surface area contributed by atoms with Crippen molar-refractivity contribution in [2.45, 2.75) is 39.3 Å².